The Morgan fingerprint density at radius 2 is 0.277 bits per heavy atom. The van der Waals surface area contributed by atoms with Crippen molar-refractivity contribution in [2.75, 3.05) is 19.6 Å². The van der Waals surface area contributed by atoms with Crippen LogP contribution in [0.2, 0.25) is 0 Å². The largest absolute Gasteiger partial charge is 0.311 e. The molecule has 0 unspecified atom stereocenters. The third-order valence-electron chi connectivity index (χ3n) is 29.2. The van der Waals surface area contributed by atoms with Crippen LogP contribution < -0.4 is 103 Å². The smallest absolute Gasteiger partial charge is 0.184 e. The molecule has 20 aromatic rings. The van der Waals surface area contributed by atoms with Crippen LogP contribution in [-0.4, -0.2) is 36.5 Å². The molecule has 6 heterocycles. The van der Waals surface area contributed by atoms with Crippen molar-refractivity contribution in [2.24, 2.45) is 0 Å². The van der Waals surface area contributed by atoms with E-state index in [0.717, 1.165) is 110 Å². The molecular formula is C120H84N4OSSi4. The summed E-state index contributed by atoms with van der Waals surface area (Å²) < 4.78 is 22.0. The summed E-state index contributed by atoms with van der Waals surface area (Å²) in [7, 11) is -17.8. The second-order valence-corrected chi connectivity index (χ2v) is 53.7. The Kier molecular flexibility index (Phi) is 17.0. The molecule has 0 radical (unpaired) electrons. The molecule has 20 aromatic carbocycles. The van der Waals surface area contributed by atoms with E-state index in [0.29, 0.717) is 0 Å². The Hall–Kier alpha value is -15.4. The van der Waals surface area contributed by atoms with Crippen LogP contribution in [0.4, 0.5) is 68.2 Å². The first-order chi connectivity index (χ1) is 64.4. The van der Waals surface area contributed by atoms with E-state index in [2.05, 4.69) is 529 Å². The van der Waals surface area contributed by atoms with Gasteiger partial charge in [-0.1, -0.05) is 413 Å². The van der Waals surface area contributed by atoms with Gasteiger partial charge in [0.1, 0.15) is 0 Å². The van der Waals surface area contributed by atoms with Crippen LogP contribution in [0.15, 0.2) is 529 Å². The van der Waals surface area contributed by atoms with Crippen molar-refractivity contribution >= 4 is 193 Å². The van der Waals surface area contributed by atoms with E-state index >= 15 is 4.21 Å². The number of rotatable bonds is 12. The van der Waals surface area contributed by atoms with Crippen molar-refractivity contribution in [3.8, 4) is 22.3 Å². The van der Waals surface area contributed by atoms with E-state index in [1.807, 2.05) is 0 Å². The lowest BCUT2D eigenvalue weighted by molar-refractivity contribution is 0.658. The maximum atomic E-state index is 22.0. The van der Waals surface area contributed by atoms with E-state index < -0.39 is 41.4 Å². The Bertz CT molecular complexity index is 6740. The lowest BCUT2D eigenvalue weighted by Gasteiger charge is -2.46. The molecule has 5 nitrogen and oxygen atoms in total. The third-order valence-corrected chi connectivity index (χ3v) is 53.3. The summed E-state index contributed by atoms with van der Waals surface area (Å²) in [5.41, 5.74) is 16.1. The lowest BCUT2D eigenvalue weighted by atomic mass is 10.0. The summed E-state index contributed by atoms with van der Waals surface area (Å²) in [5, 5.41) is 20.7. The maximum Gasteiger partial charge on any atom is 0.184 e. The zero-order valence-electron chi connectivity index (χ0n) is 71.1. The van der Waals surface area contributed by atoms with Crippen LogP contribution in [0.25, 0.3) is 22.3 Å². The van der Waals surface area contributed by atoms with Crippen molar-refractivity contribution < 1.29 is 4.21 Å². The molecule has 0 saturated heterocycles. The predicted octanol–water partition coefficient (Wildman–Crippen LogP) is 18.6. The summed E-state index contributed by atoms with van der Waals surface area (Å²) in [4.78, 5) is 13.1. The summed E-state index contributed by atoms with van der Waals surface area (Å²) in [6, 6.07) is 192. The number of anilines is 12. The molecule has 0 aliphatic carbocycles. The third kappa shape index (κ3) is 10.1. The fourth-order valence-electron chi connectivity index (χ4n) is 24.2. The zero-order chi connectivity index (χ0) is 85.9. The Balaban J connectivity index is 0.785. The Morgan fingerprint density at radius 3 is 0.423 bits per heavy atom. The highest BCUT2D eigenvalue weighted by Gasteiger charge is 2.61. The van der Waals surface area contributed by atoms with E-state index in [4.69, 9.17) is 0 Å². The van der Waals surface area contributed by atoms with E-state index in [-0.39, 0.29) is 0 Å². The quantitative estimate of drug-likeness (QED) is 0.114. The molecule has 0 bridgehead atoms. The van der Waals surface area contributed by atoms with Gasteiger partial charge in [0, 0.05) is 96.9 Å². The SMILES string of the molecule is O=S12(c3cc(N4c5ccccc5[Si](c5ccccc5)(c5ccccc5)c5ccccc54)ccc3-c3ccc(N4c5ccccc5[Si](c5ccccc5)(c5ccccc5)c5ccccc54)cc31)c1cc(N3c4ccccc4[Si](c4ccccc4)(c4ccccc4)c4ccccc43)ccc1-c1ccc(N3c4ccccc4[Si](c4ccccc4)(c4ccccc4)c4ccccc43)cc12. The second kappa shape index (κ2) is 29.1. The number of hydrogen-bond donors (Lipinski definition) is 0. The van der Waals surface area contributed by atoms with Crippen molar-refractivity contribution in [3.05, 3.63) is 510 Å². The summed E-state index contributed by atoms with van der Waals surface area (Å²) in [5.74, 6) is 0. The van der Waals surface area contributed by atoms with Crippen LogP contribution in [-0.2, 0) is 9.07 Å². The first kappa shape index (κ1) is 75.9. The van der Waals surface area contributed by atoms with Crippen LogP contribution in [0.5, 0.6) is 0 Å². The molecule has 0 fully saturated rings. The van der Waals surface area contributed by atoms with Gasteiger partial charge in [-0.2, -0.15) is 0 Å². The van der Waals surface area contributed by atoms with Crippen molar-refractivity contribution in [1.29, 1.82) is 0 Å². The topological polar surface area (TPSA) is 30.0 Å². The predicted molar refractivity (Wildman–Crippen MR) is 552 cm³/mol. The van der Waals surface area contributed by atoms with Crippen molar-refractivity contribution in [1.82, 2.24) is 0 Å². The van der Waals surface area contributed by atoms with Gasteiger partial charge in [-0.15, -0.1) is 0 Å². The highest BCUT2D eigenvalue weighted by Crippen LogP contribution is 2.73. The number of benzene rings is 20. The molecule has 26 rings (SSSR count). The van der Waals surface area contributed by atoms with E-state index in [9.17, 15) is 0 Å². The number of fused-ring (bicyclic) bond motifs is 18. The molecular weight excluding hydrogens is 1660 g/mol. The summed E-state index contributed by atoms with van der Waals surface area (Å²) >= 11 is 0. The highest BCUT2D eigenvalue weighted by atomic mass is 32.3. The first-order valence-electron chi connectivity index (χ1n) is 45.0. The van der Waals surface area contributed by atoms with Gasteiger partial charge in [-0.25, -0.2) is 0 Å². The fraction of sp³-hybridized carbons (Fsp3) is 0. The molecule has 10 heteroatoms. The Morgan fingerprint density at radius 1 is 0.146 bits per heavy atom. The highest BCUT2D eigenvalue weighted by molar-refractivity contribution is 8.21. The second-order valence-electron chi connectivity index (χ2n) is 35.1. The molecule has 612 valence electrons. The molecule has 0 amide bonds. The summed E-state index contributed by atoms with van der Waals surface area (Å²) in [6.07, 6.45) is 0. The van der Waals surface area contributed by atoms with Gasteiger partial charge >= 0.3 is 0 Å². The van der Waals surface area contributed by atoms with Gasteiger partial charge in [-0.3, -0.25) is 4.21 Å². The lowest BCUT2D eigenvalue weighted by Crippen LogP contribution is -2.77. The Labute approximate surface area is 761 Å². The molecule has 130 heavy (non-hydrogen) atoms. The van der Waals surface area contributed by atoms with Crippen LogP contribution in [0.3, 0.4) is 0 Å². The van der Waals surface area contributed by atoms with Gasteiger partial charge in [0.2, 0.25) is 0 Å². The van der Waals surface area contributed by atoms with Crippen molar-refractivity contribution in [2.45, 2.75) is 19.6 Å². The van der Waals surface area contributed by atoms with Crippen LogP contribution in [0.1, 0.15) is 0 Å². The molecule has 0 N–H and O–H groups in total. The van der Waals surface area contributed by atoms with Crippen LogP contribution in [0, 0.1) is 0 Å². The molecule has 0 saturated carbocycles. The standard InChI is InChI=1S/C120H84N4OSSi4/c125-126(109-81-85(121-101-57-25-33-65-113(101)127(89-41-9-1-10-42-89,90-43-11-2-12-44-90)114-66-34-26-58-102(114)121)73-77-97(109)98-78-74-86(82-110(98)126)122-103-59-27-35-67-115(103)128(91-45-13-3-14-46-91,92-47-15-4-16-48-92)116-68-36-28-60-104(116)122)111-83-87(123-105-61-29-37-69-117(105)129(93-49-17-5-18-50-93,94-51-19-6-20-52-94)118-70-38-30-62-106(118)123)75-79-99(111)100-80-76-88(84-112(100)126)124-107-63-31-39-71-119(107)130(95-53-21-7-22-54-95,96-55-23-8-24-56-96)120-72-40-32-64-108(120)124/h1-84H. The molecule has 6 aliphatic heterocycles. The number of hydrogen-bond acceptors (Lipinski definition) is 5. The molecule has 1 spiro atoms. The molecule has 0 aromatic heterocycles. The maximum absolute atomic E-state index is 22.0. The monoisotopic (exact) mass is 1740 g/mol. The van der Waals surface area contributed by atoms with E-state index in [1.165, 1.54) is 83.0 Å². The minimum absolute atomic E-state index is 0.767. The normalized spacial score (nSPS) is 15.8. The number of para-hydroxylation sites is 8. The first-order valence-corrected chi connectivity index (χ1v) is 55.0. The summed E-state index contributed by atoms with van der Waals surface area (Å²) in [6.45, 7) is 0. The number of nitrogens with zero attached hydrogens (tertiary/aromatic N) is 4. The van der Waals surface area contributed by atoms with Gasteiger partial charge in [0.25, 0.3) is 0 Å². The minimum Gasteiger partial charge on any atom is -0.311 e. The van der Waals surface area contributed by atoms with Gasteiger partial charge in [-0.05, 0) is 202 Å². The van der Waals surface area contributed by atoms with Gasteiger partial charge in [0.05, 0.1) is 0 Å². The minimum atomic E-state index is -5.24. The van der Waals surface area contributed by atoms with Gasteiger partial charge < -0.3 is 19.6 Å². The molecule has 6 aliphatic rings. The average Bonchev–Trinajstić information content (AvgIpc) is 1.46. The average molecular weight is 1740 g/mol. The molecule has 0 atom stereocenters. The fourth-order valence-corrected chi connectivity index (χ4v) is 49.9. The zero-order valence-corrected chi connectivity index (χ0v) is 75.9. The van der Waals surface area contributed by atoms with Crippen molar-refractivity contribution in [3.63, 3.8) is 0 Å². The van der Waals surface area contributed by atoms with E-state index in [1.54, 1.807) is 0 Å². The van der Waals surface area contributed by atoms with Gasteiger partial charge in [0.15, 0.2) is 32.3 Å². The van der Waals surface area contributed by atoms with Crippen LogP contribution >= 0.6 is 0 Å².